The number of para-hydroxylation sites is 1. The quantitative estimate of drug-likeness (QED) is 0.761. The van der Waals surface area contributed by atoms with Gasteiger partial charge in [-0.2, -0.15) is 0 Å². The van der Waals surface area contributed by atoms with Crippen LogP contribution >= 0.6 is 0 Å². The van der Waals surface area contributed by atoms with Crippen LogP contribution in [0.5, 0.6) is 0 Å². The van der Waals surface area contributed by atoms with E-state index in [1.165, 1.54) is 5.56 Å². The smallest absolute Gasteiger partial charge is 0.257 e. The van der Waals surface area contributed by atoms with Crippen molar-refractivity contribution >= 4 is 23.4 Å². The molecular formula is C15H14N2O. The van der Waals surface area contributed by atoms with E-state index in [4.69, 9.17) is 0 Å². The molecule has 0 aliphatic carbocycles. The number of nitrogens with one attached hydrogen (secondary N) is 1. The third-order valence-electron chi connectivity index (χ3n) is 3.16. The fourth-order valence-corrected chi connectivity index (χ4v) is 2.31. The maximum Gasteiger partial charge on any atom is 0.257 e. The van der Waals surface area contributed by atoms with E-state index in [1.807, 2.05) is 55.1 Å². The largest absolute Gasteiger partial charge is 0.327 e. The van der Waals surface area contributed by atoms with E-state index in [-0.39, 0.29) is 5.91 Å². The normalized spacial score (nSPS) is 15.9. The van der Waals surface area contributed by atoms with Crippen molar-refractivity contribution < 1.29 is 4.79 Å². The second kappa shape index (κ2) is 3.88. The molecule has 1 N–H and O–H groups in total. The average Bonchev–Trinajstić information content (AvgIpc) is 2.81. The number of hydrogen-bond acceptors (Lipinski definition) is 1. The highest BCUT2D eigenvalue weighted by atomic mass is 16.2. The summed E-state index contributed by atoms with van der Waals surface area (Å²) in [4.78, 5) is 12.0. The van der Waals surface area contributed by atoms with Gasteiger partial charge in [-0.05, 0) is 31.5 Å². The molecule has 0 atom stereocenters. The zero-order valence-electron chi connectivity index (χ0n) is 10.4. The summed E-state index contributed by atoms with van der Waals surface area (Å²) in [6, 6.07) is 9.84. The topological polar surface area (TPSA) is 34.0 Å². The van der Waals surface area contributed by atoms with Crippen LogP contribution in [-0.2, 0) is 4.79 Å². The number of anilines is 1. The van der Waals surface area contributed by atoms with E-state index in [0.29, 0.717) is 5.57 Å². The van der Waals surface area contributed by atoms with E-state index in [0.717, 1.165) is 16.9 Å². The van der Waals surface area contributed by atoms with Crippen molar-refractivity contribution in [1.82, 2.24) is 4.57 Å². The summed E-state index contributed by atoms with van der Waals surface area (Å²) in [6.45, 7) is 4.08. The summed E-state index contributed by atoms with van der Waals surface area (Å²) in [5.41, 5.74) is 4.88. The van der Waals surface area contributed by atoms with Gasteiger partial charge in [-0.25, -0.2) is 0 Å². The van der Waals surface area contributed by atoms with Gasteiger partial charge in [0.25, 0.3) is 5.91 Å². The Morgan fingerprint density at radius 2 is 2.00 bits per heavy atom. The molecule has 2 aromatic rings. The van der Waals surface area contributed by atoms with Crippen LogP contribution in [-0.4, -0.2) is 10.5 Å². The van der Waals surface area contributed by atoms with Crippen molar-refractivity contribution in [3.8, 4) is 0 Å². The highest BCUT2D eigenvalue weighted by molar-refractivity contribution is 6.34. The molecule has 0 fully saturated rings. The van der Waals surface area contributed by atoms with E-state index >= 15 is 0 Å². The van der Waals surface area contributed by atoms with Crippen LogP contribution < -0.4 is 5.32 Å². The Labute approximate surface area is 106 Å². The first-order valence-electron chi connectivity index (χ1n) is 5.93. The number of rotatable bonds is 1. The molecule has 0 unspecified atom stereocenters. The maximum atomic E-state index is 12.0. The Balaban J connectivity index is 2.12. The standard InChI is InChI=1S/C15H14N2O/c1-10-7-11(2)17(8-10)9-13-12-5-3-4-6-14(12)16-15(13)18/h3-9H,1-2H3,(H,16,18). The Bertz CT molecular complexity index is 665. The lowest BCUT2D eigenvalue weighted by Gasteiger charge is -2.01. The van der Waals surface area contributed by atoms with Gasteiger partial charge in [-0.3, -0.25) is 4.79 Å². The molecule has 1 aromatic heterocycles. The molecule has 3 rings (SSSR count). The van der Waals surface area contributed by atoms with Crippen LogP contribution in [0.1, 0.15) is 16.8 Å². The summed E-state index contributed by atoms with van der Waals surface area (Å²) in [7, 11) is 0. The van der Waals surface area contributed by atoms with Crippen molar-refractivity contribution in [3.63, 3.8) is 0 Å². The molecule has 1 aromatic carbocycles. The van der Waals surface area contributed by atoms with E-state index in [9.17, 15) is 4.79 Å². The van der Waals surface area contributed by atoms with Crippen molar-refractivity contribution in [2.45, 2.75) is 13.8 Å². The van der Waals surface area contributed by atoms with Crippen LogP contribution in [0, 0.1) is 13.8 Å². The van der Waals surface area contributed by atoms with Gasteiger partial charge in [-0.1, -0.05) is 18.2 Å². The maximum absolute atomic E-state index is 12.0. The molecular weight excluding hydrogens is 224 g/mol. The van der Waals surface area contributed by atoms with Crippen molar-refractivity contribution in [3.05, 3.63) is 53.3 Å². The first-order valence-corrected chi connectivity index (χ1v) is 5.93. The molecule has 2 heterocycles. The Morgan fingerprint density at radius 3 is 2.72 bits per heavy atom. The summed E-state index contributed by atoms with van der Waals surface area (Å²) in [6.07, 6.45) is 3.92. The van der Waals surface area contributed by atoms with E-state index < -0.39 is 0 Å². The number of hydrogen-bond donors (Lipinski definition) is 1. The third kappa shape index (κ3) is 1.64. The predicted octanol–water partition coefficient (Wildman–Crippen LogP) is 3.06. The highest BCUT2D eigenvalue weighted by Gasteiger charge is 2.23. The third-order valence-corrected chi connectivity index (χ3v) is 3.16. The lowest BCUT2D eigenvalue weighted by atomic mass is 10.1. The zero-order valence-corrected chi connectivity index (χ0v) is 10.4. The molecule has 90 valence electrons. The van der Waals surface area contributed by atoms with Gasteiger partial charge in [0.1, 0.15) is 0 Å². The van der Waals surface area contributed by atoms with Crippen molar-refractivity contribution in [1.29, 1.82) is 0 Å². The lowest BCUT2D eigenvalue weighted by Crippen LogP contribution is -2.04. The van der Waals surface area contributed by atoms with Crippen LogP contribution in [0.15, 0.2) is 36.5 Å². The molecule has 0 bridgehead atoms. The van der Waals surface area contributed by atoms with Gasteiger partial charge >= 0.3 is 0 Å². The predicted molar refractivity (Wildman–Crippen MR) is 73.1 cm³/mol. The number of aromatic nitrogens is 1. The van der Waals surface area contributed by atoms with Gasteiger partial charge < -0.3 is 9.88 Å². The van der Waals surface area contributed by atoms with Crippen LogP contribution in [0.4, 0.5) is 5.69 Å². The van der Waals surface area contributed by atoms with E-state index in [1.54, 1.807) is 0 Å². The first-order chi connectivity index (χ1) is 8.65. The van der Waals surface area contributed by atoms with Crippen LogP contribution in [0.2, 0.25) is 0 Å². The Hall–Kier alpha value is -2.29. The van der Waals surface area contributed by atoms with Gasteiger partial charge in [0.15, 0.2) is 0 Å². The number of amides is 1. The number of benzene rings is 1. The van der Waals surface area contributed by atoms with Gasteiger partial charge in [0.2, 0.25) is 0 Å². The number of aryl methyl sites for hydroxylation is 2. The zero-order chi connectivity index (χ0) is 12.7. The van der Waals surface area contributed by atoms with Gasteiger partial charge in [0.05, 0.1) is 5.57 Å². The fraction of sp³-hybridized carbons (Fsp3) is 0.133. The average molecular weight is 238 g/mol. The molecule has 0 saturated carbocycles. The SMILES string of the molecule is Cc1cc(C)n(C=C2C(=O)Nc3ccccc32)c1. The molecule has 0 spiro atoms. The monoisotopic (exact) mass is 238 g/mol. The summed E-state index contributed by atoms with van der Waals surface area (Å²) in [5.74, 6) is -0.0399. The summed E-state index contributed by atoms with van der Waals surface area (Å²) >= 11 is 0. The minimum Gasteiger partial charge on any atom is -0.327 e. The fourth-order valence-electron chi connectivity index (χ4n) is 2.31. The lowest BCUT2D eigenvalue weighted by molar-refractivity contribution is -0.110. The molecule has 0 radical (unpaired) electrons. The van der Waals surface area contributed by atoms with Gasteiger partial charge in [0, 0.05) is 29.3 Å². The number of carbonyl (C=O) groups excluding carboxylic acids is 1. The minimum absolute atomic E-state index is 0.0399. The van der Waals surface area contributed by atoms with Crippen molar-refractivity contribution in [2.75, 3.05) is 5.32 Å². The van der Waals surface area contributed by atoms with Crippen LogP contribution in [0.3, 0.4) is 0 Å². The number of fused-ring (bicyclic) bond motifs is 1. The van der Waals surface area contributed by atoms with Gasteiger partial charge in [-0.15, -0.1) is 0 Å². The first kappa shape index (κ1) is 10.8. The molecule has 1 aliphatic rings. The highest BCUT2D eigenvalue weighted by Crippen LogP contribution is 2.31. The molecule has 18 heavy (non-hydrogen) atoms. The Morgan fingerprint density at radius 1 is 1.22 bits per heavy atom. The van der Waals surface area contributed by atoms with Crippen LogP contribution in [0.25, 0.3) is 11.8 Å². The summed E-state index contributed by atoms with van der Waals surface area (Å²) in [5, 5.41) is 2.87. The molecule has 0 saturated heterocycles. The second-order valence-electron chi connectivity index (χ2n) is 4.61. The second-order valence-corrected chi connectivity index (χ2v) is 4.61. The summed E-state index contributed by atoms with van der Waals surface area (Å²) < 4.78 is 1.99. The minimum atomic E-state index is -0.0399. The van der Waals surface area contributed by atoms with E-state index in [2.05, 4.69) is 11.4 Å². The molecule has 1 amide bonds. The number of nitrogens with zero attached hydrogens (tertiary/aromatic N) is 1. The Kier molecular flexibility index (Phi) is 2.33. The molecule has 1 aliphatic heterocycles. The molecule has 3 heteroatoms. The number of carbonyl (C=O) groups is 1. The van der Waals surface area contributed by atoms with Crippen molar-refractivity contribution in [2.24, 2.45) is 0 Å². The molecule has 3 nitrogen and oxygen atoms in total.